The Bertz CT molecular complexity index is 593. The molecule has 17 heavy (non-hydrogen) atoms. The first-order valence-electron chi connectivity index (χ1n) is 5.22. The first-order chi connectivity index (χ1) is 8.22. The number of aromatic nitrogens is 2. The van der Waals surface area contributed by atoms with Gasteiger partial charge in [-0.2, -0.15) is 5.26 Å². The molecule has 1 aromatic heterocycles. The van der Waals surface area contributed by atoms with E-state index in [1.807, 2.05) is 31.2 Å². The summed E-state index contributed by atoms with van der Waals surface area (Å²) in [5.74, 6) is 0.240. The fraction of sp³-hybridized carbons (Fsp3) is 0.154. The minimum absolute atomic E-state index is 0.0161. The minimum Gasteiger partial charge on any atom is -0.315 e. The number of benzene rings is 1. The lowest BCUT2D eigenvalue weighted by Gasteiger charge is -2.05. The quantitative estimate of drug-likeness (QED) is 0.750. The second kappa shape index (κ2) is 4.62. The number of rotatable bonds is 3. The molecule has 0 amide bonds. The summed E-state index contributed by atoms with van der Waals surface area (Å²) in [6.07, 6.45) is 3.15. The first-order valence-corrected chi connectivity index (χ1v) is 5.22. The van der Waals surface area contributed by atoms with Crippen LogP contribution < -0.4 is 0 Å². The maximum absolute atomic E-state index is 12.0. The van der Waals surface area contributed by atoms with E-state index >= 15 is 0 Å². The summed E-state index contributed by atoms with van der Waals surface area (Å²) in [7, 11) is 0. The van der Waals surface area contributed by atoms with E-state index in [1.54, 1.807) is 16.8 Å². The third-order valence-corrected chi connectivity index (χ3v) is 2.57. The Morgan fingerprint density at radius 3 is 2.94 bits per heavy atom. The van der Waals surface area contributed by atoms with E-state index in [4.69, 9.17) is 5.26 Å². The predicted octanol–water partition coefficient (Wildman–Crippen LogP) is 1.95. The smallest absolute Gasteiger partial charge is 0.213 e. The fourth-order valence-electron chi connectivity index (χ4n) is 1.68. The third kappa shape index (κ3) is 2.23. The SMILES string of the molecule is Cc1ccccc1C(=O)Cn1ccnc1C#N. The highest BCUT2D eigenvalue weighted by atomic mass is 16.1. The van der Waals surface area contributed by atoms with Crippen molar-refractivity contribution in [1.82, 2.24) is 9.55 Å². The van der Waals surface area contributed by atoms with Crippen LogP contribution in [0.5, 0.6) is 0 Å². The predicted molar refractivity (Wildman–Crippen MR) is 62.5 cm³/mol. The molecule has 0 aliphatic heterocycles. The summed E-state index contributed by atoms with van der Waals surface area (Å²) in [4.78, 5) is 15.9. The van der Waals surface area contributed by atoms with Gasteiger partial charge in [0.25, 0.3) is 0 Å². The number of carbonyl (C=O) groups excluding carboxylic acids is 1. The van der Waals surface area contributed by atoms with Crippen molar-refractivity contribution in [3.05, 3.63) is 53.6 Å². The van der Waals surface area contributed by atoms with E-state index in [0.717, 1.165) is 5.56 Å². The van der Waals surface area contributed by atoms with E-state index in [2.05, 4.69) is 4.98 Å². The van der Waals surface area contributed by atoms with Crippen molar-refractivity contribution in [3.8, 4) is 6.07 Å². The topological polar surface area (TPSA) is 58.7 Å². The van der Waals surface area contributed by atoms with Crippen molar-refractivity contribution < 1.29 is 4.79 Å². The van der Waals surface area contributed by atoms with Crippen molar-refractivity contribution in [2.45, 2.75) is 13.5 Å². The number of imidazole rings is 1. The highest BCUT2D eigenvalue weighted by Gasteiger charge is 2.11. The van der Waals surface area contributed by atoms with Crippen LogP contribution in [0.1, 0.15) is 21.7 Å². The van der Waals surface area contributed by atoms with Gasteiger partial charge in [0.05, 0.1) is 6.54 Å². The molecule has 1 aromatic carbocycles. The molecular weight excluding hydrogens is 214 g/mol. The molecule has 0 saturated carbocycles. The minimum atomic E-state index is -0.0161. The lowest BCUT2D eigenvalue weighted by Crippen LogP contribution is -2.12. The summed E-state index contributed by atoms with van der Waals surface area (Å²) >= 11 is 0. The number of ketones is 1. The number of aryl methyl sites for hydroxylation is 1. The van der Waals surface area contributed by atoms with Crippen LogP contribution in [0.25, 0.3) is 0 Å². The van der Waals surface area contributed by atoms with Crippen molar-refractivity contribution >= 4 is 5.78 Å². The first kappa shape index (κ1) is 11.1. The maximum Gasteiger partial charge on any atom is 0.213 e. The monoisotopic (exact) mass is 225 g/mol. The van der Waals surface area contributed by atoms with Crippen LogP contribution in [0.15, 0.2) is 36.7 Å². The maximum atomic E-state index is 12.0. The van der Waals surface area contributed by atoms with Gasteiger partial charge in [-0.15, -0.1) is 0 Å². The van der Waals surface area contributed by atoms with E-state index in [9.17, 15) is 4.79 Å². The fourth-order valence-corrected chi connectivity index (χ4v) is 1.68. The van der Waals surface area contributed by atoms with E-state index in [-0.39, 0.29) is 18.2 Å². The van der Waals surface area contributed by atoms with Crippen LogP contribution in [0, 0.1) is 18.3 Å². The zero-order chi connectivity index (χ0) is 12.3. The molecule has 0 unspecified atom stereocenters. The van der Waals surface area contributed by atoms with Gasteiger partial charge in [-0.25, -0.2) is 4.98 Å². The molecule has 0 atom stereocenters. The molecule has 2 rings (SSSR count). The largest absolute Gasteiger partial charge is 0.315 e. The third-order valence-electron chi connectivity index (χ3n) is 2.57. The molecule has 0 spiro atoms. The zero-order valence-corrected chi connectivity index (χ0v) is 9.42. The molecule has 0 aliphatic carbocycles. The Morgan fingerprint density at radius 1 is 1.47 bits per heavy atom. The Kier molecular flexibility index (Phi) is 3.01. The van der Waals surface area contributed by atoms with Gasteiger partial charge in [-0.05, 0) is 12.5 Å². The second-order valence-corrected chi connectivity index (χ2v) is 3.73. The summed E-state index contributed by atoms with van der Waals surface area (Å²) in [6, 6.07) is 9.36. The molecule has 1 heterocycles. The van der Waals surface area contributed by atoms with Gasteiger partial charge in [0, 0.05) is 18.0 Å². The number of carbonyl (C=O) groups is 1. The summed E-state index contributed by atoms with van der Waals surface area (Å²) in [6.45, 7) is 2.04. The Morgan fingerprint density at radius 2 is 2.24 bits per heavy atom. The molecule has 0 radical (unpaired) electrons. The summed E-state index contributed by atoms with van der Waals surface area (Å²) in [5.41, 5.74) is 1.63. The second-order valence-electron chi connectivity index (χ2n) is 3.73. The number of hydrogen-bond donors (Lipinski definition) is 0. The van der Waals surface area contributed by atoms with Crippen molar-refractivity contribution in [2.75, 3.05) is 0 Å². The molecule has 0 saturated heterocycles. The molecule has 4 heteroatoms. The van der Waals surface area contributed by atoms with Gasteiger partial charge >= 0.3 is 0 Å². The van der Waals surface area contributed by atoms with Crippen molar-refractivity contribution in [1.29, 1.82) is 5.26 Å². The van der Waals surface area contributed by atoms with Crippen LogP contribution in [-0.2, 0) is 6.54 Å². The molecular formula is C13H11N3O. The average Bonchev–Trinajstić information content (AvgIpc) is 2.76. The average molecular weight is 225 g/mol. The van der Waals surface area contributed by atoms with Gasteiger partial charge in [0.15, 0.2) is 5.78 Å². The lowest BCUT2D eigenvalue weighted by molar-refractivity contribution is 0.0971. The summed E-state index contributed by atoms with van der Waals surface area (Å²) < 4.78 is 1.55. The Labute approximate surface area is 99.1 Å². The van der Waals surface area contributed by atoms with Crippen molar-refractivity contribution in [2.24, 2.45) is 0 Å². The zero-order valence-electron chi connectivity index (χ0n) is 9.42. The van der Waals surface area contributed by atoms with Gasteiger partial charge < -0.3 is 4.57 Å². The standard InChI is InChI=1S/C13H11N3O/c1-10-4-2-3-5-11(10)12(17)9-16-7-6-15-13(16)8-14/h2-7H,9H2,1H3. The lowest BCUT2D eigenvalue weighted by atomic mass is 10.1. The number of nitrogens with zero attached hydrogens (tertiary/aromatic N) is 3. The molecule has 0 bridgehead atoms. The number of hydrogen-bond acceptors (Lipinski definition) is 3. The molecule has 0 fully saturated rings. The molecule has 2 aromatic rings. The Hall–Kier alpha value is -2.41. The van der Waals surface area contributed by atoms with E-state index in [0.29, 0.717) is 5.56 Å². The summed E-state index contributed by atoms with van der Waals surface area (Å²) in [5, 5.41) is 8.80. The van der Waals surface area contributed by atoms with Gasteiger partial charge in [-0.1, -0.05) is 24.3 Å². The van der Waals surface area contributed by atoms with Gasteiger partial charge in [-0.3, -0.25) is 4.79 Å². The molecule has 0 aliphatic rings. The molecule has 0 N–H and O–H groups in total. The highest BCUT2D eigenvalue weighted by molar-refractivity contribution is 5.97. The Balaban J connectivity index is 2.24. The van der Waals surface area contributed by atoms with Crippen LogP contribution >= 0.6 is 0 Å². The normalized spacial score (nSPS) is 9.88. The molecule has 84 valence electrons. The number of Topliss-reactive ketones (excluding diaryl/α,β-unsaturated/α-hetero) is 1. The van der Waals surface area contributed by atoms with Crippen LogP contribution in [-0.4, -0.2) is 15.3 Å². The van der Waals surface area contributed by atoms with Gasteiger partial charge in [0.2, 0.25) is 5.82 Å². The van der Waals surface area contributed by atoms with Crippen molar-refractivity contribution in [3.63, 3.8) is 0 Å². The van der Waals surface area contributed by atoms with Crippen LogP contribution in [0.4, 0.5) is 0 Å². The van der Waals surface area contributed by atoms with E-state index < -0.39 is 0 Å². The van der Waals surface area contributed by atoms with Crippen LogP contribution in [0.2, 0.25) is 0 Å². The van der Waals surface area contributed by atoms with Gasteiger partial charge in [0.1, 0.15) is 6.07 Å². The van der Waals surface area contributed by atoms with Crippen LogP contribution in [0.3, 0.4) is 0 Å². The van der Waals surface area contributed by atoms with E-state index in [1.165, 1.54) is 6.20 Å². The highest BCUT2D eigenvalue weighted by Crippen LogP contribution is 2.09. The molecule has 4 nitrogen and oxygen atoms in total. The number of nitriles is 1.